The average Bonchev–Trinajstić information content (AvgIpc) is 3.40. The first-order chi connectivity index (χ1) is 17.8. The fourth-order valence-electron chi connectivity index (χ4n) is 7.17. The number of benzene rings is 1. The van der Waals surface area contributed by atoms with Crippen molar-refractivity contribution in [2.24, 2.45) is 17.3 Å². The monoisotopic (exact) mass is 591 g/mol. The molecule has 0 saturated carbocycles. The van der Waals surface area contributed by atoms with Gasteiger partial charge in [0.2, 0.25) is 17.7 Å². The third-order valence-corrected chi connectivity index (χ3v) is 8.80. The van der Waals surface area contributed by atoms with Crippen LogP contribution in [0.5, 0.6) is 0 Å². The maximum absolute atomic E-state index is 14.3. The van der Waals surface area contributed by atoms with Crippen molar-refractivity contribution in [2.45, 2.75) is 95.0 Å². The molecule has 3 fully saturated rings. The number of aliphatic hydroxyl groups is 1. The van der Waals surface area contributed by atoms with Crippen molar-refractivity contribution in [3.63, 3.8) is 0 Å². The van der Waals surface area contributed by atoms with Gasteiger partial charge in [0.15, 0.2) is 0 Å². The number of likely N-dealkylation sites (tertiary alicyclic amines) is 1. The van der Waals surface area contributed by atoms with Gasteiger partial charge in [0.25, 0.3) is 0 Å². The fourth-order valence-corrected chi connectivity index (χ4v) is 8.11. The summed E-state index contributed by atoms with van der Waals surface area (Å²) in [7, 11) is 0. The molecule has 7 atom stereocenters. The van der Waals surface area contributed by atoms with Crippen molar-refractivity contribution in [1.29, 1.82) is 0 Å². The molecule has 210 valence electrons. The van der Waals surface area contributed by atoms with E-state index in [0.717, 1.165) is 18.4 Å². The van der Waals surface area contributed by atoms with Gasteiger partial charge in [0.05, 0.1) is 30.6 Å². The van der Waals surface area contributed by atoms with Crippen molar-refractivity contribution in [3.8, 4) is 0 Å². The molecule has 3 unspecified atom stereocenters. The first kappa shape index (κ1) is 29.0. The summed E-state index contributed by atoms with van der Waals surface area (Å²) in [5.41, 5.74) is -1.04. The van der Waals surface area contributed by atoms with E-state index >= 15 is 0 Å². The fraction of sp³-hybridized carbons (Fsp3) is 0.690. The van der Waals surface area contributed by atoms with Crippen LogP contribution < -0.4 is 10.6 Å². The summed E-state index contributed by atoms with van der Waals surface area (Å²) < 4.78 is 6.58. The van der Waals surface area contributed by atoms with Crippen LogP contribution in [0.1, 0.15) is 72.4 Å². The molecule has 0 aliphatic carbocycles. The Labute approximate surface area is 234 Å². The summed E-state index contributed by atoms with van der Waals surface area (Å²) in [4.78, 5) is 43.3. The zero-order chi connectivity index (χ0) is 28.0. The Kier molecular flexibility index (Phi) is 8.05. The van der Waals surface area contributed by atoms with Crippen molar-refractivity contribution in [2.75, 3.05) is 13.2 Å². The number of nitrogens with zero attached hydrogens (tertiary/aromatic N) is 1. The van der Waals surface area contributed by atoms with E-state index in [1.54, 1.807) is 0 Å². The molecule has 2 bridgehead atoms. The van der Waals surface area contributed by atoms with E-state index in [1.165, 1.54) is 4.90 Å². The third-order valence-electron chi connectivity index (χ3n) is 7.95. The van der Waals surface area contributed by atoms with E-state index < -0.39 is 41.2 Å². The Morgan fingerprint density at radius 3 is 2.42 bits per heavy atom. The average molecular weight is 593 g/mol. The quantitative estimate of drug-likeness (QED) is 0.382. The number of carbonyl (C=O) groups is 3. The number of alkyl halides is 1. The van der Waals surface area contributed by atoms with Gasteiger partial charge in [-0.15, -0.1) is 0 Å². The lowest BCUT2D eigenvalue weighted by atomic mass is 9.70. The molecule has 1 aromatic carbocycles. The van der Waals surface area contributed by atoms with E-state index in [9.17, 15) is 19.5 Å². The second-order valence-electron chi connectivity index (χ2n) is 12.9. The van der Waals surface area contributed by atoms with Gasteiger partial charge in [-0.3, -0.25) is 14.4 Å². The van der Waals surface area contributed by atoms with Crippen LogP contribution in [0, 0.1) is 17.3 Å². The van der Waals surface area contributed by atoms with Crippen LogP contribution in [0.4, 0.5) is 0 Å². The second-order valence-corrected chi connectivity index (χ2v) is 14.1. The van der Waals surface area contributed by atoms with Crippen molar-refractivity contribution >= 4 is 33.7 Å². The lowest BCUT2D eigenvalue weighted by Crippen LogP contribution is -2.60. The summed E-state index contributed by atoms with van der Waals surface area (Å²) in [5.74, 6) is -2.39. The van der Waals surface area contributed by atoms with E-state index in [0.29, 0.717) is 13.0 Å². The molecule has 3 aliphatic heterocycles. The molecule has 38 heavy (non-hydrogen) atoms. The van der Waals surface area contributed by atoms with Crippen LogP contribution >= 0.6 is 15.9 Å². The maximum atomic E-state index is 14.3. The standard InChI is InChI=1S/C29H42BrN3O5/c1-7-13-31-24(35)20-21-26(37)33(19(15-34)17-11-9-8-10-12-17)23(29(21)14-18(30)22(20)38-29)25(36)32-28(5,6)16-27(2,3)4/h8-12,18-23,34H,7,13-16H2,1-6H3,(H,31,35)(H,32,36)/t18?,19-,20+,21+,22+,23?,29?/m1/s1. The number of halogens is 1. The first-order valence-electron chi connectivity index (χ1n) is 13.7. The molecule has 0 radical (unpaired) electrons. The molecule has 3 amide bonds. The molecule has 3 aliphatic rings. The van der Waals surface area contributed by atoms with Gasteiger partial charge < -0.3 is 25.4 Å². The zero-order valence-electron chi connectivity index (χ0n) is 23.3. The van der Waals surface area contributed by atoms with E-state index in [2.05, 4.69) is 47.3 Å². The van der Waals surface area contributed by atoms with Crippen LogP contribution in [0.15, 0.2) is 30.3 Å². The highest BCUT2D eigenvalue weighted by atomic mass is 79.9. The number of carbonyl (C=O) groups excluding carboxylic acids is 3. The van der Waals surface area contributed by atoms with Gasteiger partial charge in [0.1, 0.15) is 11.6 Å². The van der Waals surface area contributed by atoms with E-state index in [-0.39, 0.29) is 34.6 Å². The van der Waals surface area contributed by atoms with Crippen LogP contribution in [0.25, 0.3) is 0 Å². The predicted molar refractivity (Wildman–Crippen MR) is 148 cm³/mol. The Morgan fingerprint density at radius 2 is 1.84 bits per heavy atom. The van der Waals surface area contributed by atoms with Crippen molar-refractivity contribution < 1.29 is 24.2 Å². The van der Waals surface area contributed by atoms with Gasteiger partial charge in [-0.1, -0.05) is 74.0 Å². The molecule has 9 heteroatoms. The molecule has 3 N–H and O–H groups in total. The maximum Gasteiger partial charge on any atom is 0.246 e. The Bertz CT molecular complexity index is 1060. The highest BCUT2D eigenvalue weighted by Crippen LogP contribution is 2.61. The Balaban J connectivity index is 1.79. The Hall–Kier alpha value is -1.97. The van der Waals surface area contributed by atoms with Gasteiger partial charge >= 0.3 is 0 Å². The highest BCUT2D eigenvalue weighted by molar-refractivity contribution is 9.09. The van der Waals surface area contributed by atoms with Crippen molar-refractivity contribution in [3.05, 3.63) is 35.9 Å². The molecular formula is C29H42BrN3O5. The number of nitrogens with one attached hydrogen (secondary N) is 2. The summed E-state index contributed by atoms with van der Waals surface area (Å²) >= 11 is 3.70. The number of hydrogen-bond donors (Lipinski definition) is 3. The van der Waals surface area contributed by atoms with Crippen LogP contribution in [-0.2, 0) is 19.1 Å². The normalized spacial score (nSPS) is 31.3. The van der Waals surface area contributed by atoms with E-state index in [4.69, 9.17) is 4.74 Å². The van der Waals surface area contributed by atoms with Gasteiger partial charge in [0, 0.05) is 16.9 Å². The minimum absolute atomic E-state index is 0.0355. The van der Waals surface area contributed by atoms with Crippen LogP contribution in [-0.4, -0.2) is 69.0 Å². The molecule has 4 rings (SSSR count). The van der Waals surface area contributed by atoms with E-state index in [1.807, 2.05) is 51.1 Å². The van der Waals surface area contributed by atoms with Crippen LogP contribution in [0.2, 0.25) is 0 Å². The number of rotatable bonds is 9. The molecule has 3 heterocycles. The number of amides is 3. The molecular weight excluding hydrogens is 550 g/mol. The van der Waals surface area contributed by atoms with Crippen LogP contribution in [0.3, 0.4) is 0 Å². The van der Waals surface area contributed by atoms with Crippen molar-refractivity contribution in [1.82, 2.24) is 15.5 Å². The smallest absolute Gasteiger partial charge is 0.246 e. The number of aliphatic hydroxyl groups excluding tert-OH is 1. The minimum Gasteiger partial charge on any atom is -0.394 e. The predicted octanol–water partition coefficient (Wildman–Crippen LogP) is 3.33. The topological polar surface area (TPSA) is 108 Å². The van der Waals surface area contributed by atoms with Gasteiger partial charge in [-0.2, -0.15) is 0 Å². The summed E-state index contributed by atoms with van der Waals surface area (Å²) in [5, 5.41) is 16.7. The lowest BCUT2D eigenvalue weighted by Gasteiger charge is -2.40. The largest absolute Gasteiger partial charge is 0.394 e. The summed E-state index contributed by atoms with van der Waals surface area (Å²) in [6, 6.07) is 7.50. The number of fused-ring (bicyclic) bond motifs is 1. The third kappa shape index (κ3) is 5.13. The summed E-state index contributed by atoms with van der Waals surface area (Å²) in [6.07, 6.45) is 1.40. The Morgan fingerprint density at radius 1 is 1.18 bits per heavy atom. The molecule has 1 spiro atoms. The lowest BCUT2D eigenvalue weighted by molar-refractivity contribution is -0.146. The molecule has 3 saturated heterocycles. The van der Waals surface area contributed by atoms with Gasteiger partial charge in [-0.25, -0.2) is 0 Å². The molecule has 1 aromatic rings. The molecule has 0 aromatic heterocycles. The minimum atomic E-state index is -1.17. The number of ether oxygens (including phenoxy) is 1. The van der Waals surface area contributed by atoms with Gasteiger partial charge in [-0.05, 0) is 44.1 Å². The molecule has 8 nitrogen and oxygen atoms in total. The zero-order valence-corrected chi connectivity index (χ0v) is 24.9. The SMILES string of the molecule is CCCNC(=O)[C@H]1[C@H]2C(=O)N([C@H](CO)c3ccccc3)C(C(=O)NC(C)(C)CC(C)(C)C)C23CC(Br)[C@@H]1O3. The number of hydrogen-bond acceptors (Lipinski definition) is 5. The highest BCUT2D eigenvalue weighted by Gasteiger charge is 2.77. The first-order valence-corrected chi connectivity index (χ1v) is 14.6. The second kappa shape index (κ2) is 10.5. The summed E-state index contributed by atoms with van der Waals surface area (Å²) in [6.45, 7) is 12.4.